The number of hydrogen-bond donors (Lipinski definition) is 3. The molecule has 1 aliphatic rings. The maximum Gasteiger partial charge on any atom is 0.265 e. The summed E-state index contributed by atoms with van der Waals surface area (Å²) in [6.45, 7) is 0.711. The van der Waals surface area contributed by atoms with E-state index in [0.29, 0.717) is 19.8 Å². The topological polar surface area (TPSA) is 135 Å². The highest BCUT2D eigenvalue weighted by Gasteiger charge is 2.29. The Morgan fingerprint density at radius 3 is 2.70 bits per heavy atom. The summed E-state index contributed by atoms with van der Waals surface area (Å²) >= 11 is 0. The Bertz CT molecular complexity index is 926. The van der Waals surface area contributed by atoms with Crippen molar-refractivity contribution in [2.24, 2.45) is 5.73 Å². The number of ether oxygens (including phenoxy) is 1. The van der Waals surface area contributed by atoms with Crippen molar-refractivity contribution in [2.45, 2.75) is 10.9 Å². The van der Waals surface area contributed by atoms with Crippen LogP contribution in [0.1, 0.15) is 22.1 Å². The van der Waals surface area contributed by atoms with Gasteiger partial charge in [0.05, 0.1) is 25.8 Å². The van der Waals surface area contributed by atoms with E-state index in [-0.39, 0.29) is 22.5 Å². The molecule has 0 radical (unpaired) electrons. The summed E-state index contributed by atoms with van der Waals surface area (Å²) in [5, 5.41) is 0. The van der Waals surface area contributed by atoms with Gasteiger partial charge in [0.25, 0.3) is 5.91 Å². The van der Waals surface area contributed by atoms with Crippen LogP contribution < -0.4 is 10.5 Å². The second kappa shape index (κ2) is 7.91. The van der Waals surface area contributed by atoms with E-state index < -0.39 is 22.5 Å². The van der Waals surface area contributed by atoms with E-state index in [2.05, 4.69) is 9.71 Å². The highest BCUT2D eigenvalue weighted by molar-refractivity contribution is 7.89. The molecule has 1 unspecified atom stereocenters. The van der Waals surface area contributed by atoms with Crippen molar-refractivity contribution in [1.82, 2.24) is 14.6 Å². The molecule has 1 aromatic heterocycles. The molecule has 3 rings (SSSR count). The molecule has 10 heteroatoms. The lowest BCUT2D eigenvalue weighted by atomic mass is 10.0. The number of H-pyrrole nitrogens is 1. The Labute approximate surface area is 156 Å². The van der Waals surface area contributed by atoms with Crippen LogP contribution in [0, 0.1) is 0 Å². The number of primary amides is 1. The first kappa shape index (κ1) is 19.1. The van der Waals surface area contributed by atoms with Crippen molar-refractivity contribution in [2.75, 3.05) is 26.3 Å². The van der Waals surface area contributed by atoms with Gasteiger partial charge in [-0.1, -0.05) is 30.3 Å². The molecule has 144 valence electrons. The number of carbonyl (C=O) groups excluding carboxylic acids is 2. The number of aromatic nitrogens is 1. The van der Waals surface area contributed by atoms with Gasteiger partial charge in [-0.3, -0.25) is 9.59 Å². The number of aromatic amines is 1. The standard InChI is InChI=1S/C17H20N4O5S/c18-17(23)14-8-13(9-19-14)27(24,25)20-10-16(22)21-6-7-26-11-15(21)12-4-2-1-3-5-12/h1-5,8-9,15,19-20H,6-7,10-11H2,(H2,18,23). The van der Waals surface area contributed by atoms with E-state index in [1.165, 1.54) is 0 Å². The average molecular weight is 392 g/mol. The van der Waals surface area contributed by atoms with E-state index in [9.17, 15) is 18.0 Å². The van der Waals surface area contributed by atoms with Crippen molar-refractivity contribution in [3.8, 4) is 0 Å². The van der Waals surface area contributed by atoms with Crippen LogP contribution in [0.5, 0.6) is 0 Å². The SMILES string of the molecule is NC(=O)c1cc(S(=O)(=O)NCC(=O)N2CCOCC2c2ccccc2)c[nH]1. The monoisotopic (exact) mass is 392 g/mol. The highest BCUT2D eigenvalue weighted by Crippen LogP contribution is 2.24. The Morgan fingerprint density at radius 2 is 2.04 bits per heavy atom. The normalized spacial score (nSPS) is 17.6. The zero-order valence-corrected chi connectivity index (χ0v) is 15.2. The molecule has 1 aromatic carbocycles. The number of amides is 2. The lowest BCUT2D eigenvalue weighted by molar-refractivity contribution is -0.138. The third-order valence-electron chi connectivity index (χ3n) is 4.28. The molecule has 0 spiro atoms. The number of sulfonamides is 1. The van der Waals surface area contributed by atoms with Crippen LogP contribution in [-0.2, 0) is 19.6 Å². The molecule has 1 fully saturated rings. The van der Waals surface area contributed by atoms with Gasteiger partial charge in [0.1, 0.15) is 10.6 Å². The van der Waals surface area contributed by atoms with Crippen LogP contribution >= 0.6 is 0 Å². The Morgan fingerprint density at radius 1 is 1.30 bits per heavy atom. The highest BCUT2D eigenvalue weighted by atomic mass is 32.2. The number of nitrogens with one attached hydrogen (secondary N) is 2. The smallest absolute Gasteiger partial charge is 0.265 e. The molecule has 1 aliphatic heterocycles. The van der Waals surface area contributed by atoms with E-state index in [1.807, 2.05) is 30.3 Å². The molecule has 0 bridgehead atoms. The van der Waals surface area contributed by atoms with Crippen molar-refractivity contribution < 1.29 is 22.7 Å². The fraction of sp³-hybridized carbons (Fsp3) is 0.294. The minimum atomic E-state index is -3.96. The molecular weight excluding hydrogens is 372 g/mol. The Balaban J connectivity index is 1.69. The summed E-state index contributed by atoms with van der Waals surface area (Å²) in [6.07, 6.45) is 1.15. The Hall–Kier alpha value is -2.69. The van der Waals surface area contributed by atoms with Gasteiger partial charge in [0.15, 0.2) is 0 Å². The van der Waals surface area contributed by atoms with E-state index >= 15 is 0 Å². The zero-order valence-electron chi connectivity index (χ0n) is 14.4. The predicted octanol–water partition coefficient (Wildman–Crippen LogP) is -0.00800. The first-order valence-corrected chi connectivity index (χ1v) is 9.77. The third-order valence-corrected chi connectivity index (χ3v) is 5.66. The summed E-state index contributed by atoms with van der Waals surface area (Å²) in [4.78, 5) is 27.7. The Kier molecular flexibility index (Phi) is 5.59. The number of carbonyl (C=O) groups is 2. The van der Waals surface area contributed by atoms with Gasteiger partial charge in [-0.15, -0.1) is 0 Å². The third kappa shape index (κ3) is 4.35. The molecule has 1 saturated heterocycles. The number of benzene rings is 1. The van der Waals surface area contributed by atoms with Crippen LogP contribution in [0.4, 0.5) is 0 Å². The maximum atomic E-state index is 12.6. The fourth-order valence-electron chi connectivity index (χ4n) is 2.87. The minimum Gasteiger partial charge on any atom is -0.377 e. The van der Waals surface area contributed by atoms with Gasteiger partial charge in [0.2, 0.25) is 15.9 Å². The summed E-state index contributed by atoms with van der Waals surface area (Å²) in [5.74, 6) is -1.13. The van der Waals surface area contributed by atoms with Gasteiger partial charge in [0, 0.05) is 12.7 Å². The largest absolute Gasteiger partial charge is 0.377 e. The molecule has 27 heavy (non-hydrogen) atoms. The molecule has 2 amide bonds. The van der Waals surface area contributed by atoms with Gasteiger partial charge in [-0.2, -0.15) is 0 Å². The fourth-order valence-corrected chi connectivity index (χ4v) is 3.83. The number of nitrogens with two attached hydrogens (primary N) is 1. The van der Waals surface area contributed by atoms with E-state index in [1.54, 1.807) is 4.90 Å². The van der Waals surface area contributed by atoms with Crippen molar-refractivity contribution >= 4 is 21.8 Å². The number of nitrogens with zero attached hydrogens (tertiary/aromatic N) is 1. The average Bonchev–Trinajstić information content (AvgIpc) is 3.18. The molecule has 2 aromatic rings. The number of morpholine rings is 1. The maximum absolute atomic E-state index is 12.6. The molecular formula is C17H20N4O5S. The van der Waals surface area contributed by atoms with Gasteiger partial charge in [-0.05, 0) is 11.6 Å². The minimum absolute atomic E-state index is 0.0287. The molecule has 9 nitrogen and oxygen atoms in total. The predicted molar refractivity (Wildman–Crippen MR) is 96.2 cm³/mol. The summed E-state index contributed by atoms with van der Waals surface area (Å²) < 4.78 is 32.4. The second-order valence-electron chi connectivity index (χ2n) is 6.03. The summed E-state index contributed by atoms with van der Waals surface area (Å²) in [5.41, 5.74) is 6.00. The molecule has 1 atom stereocenters. The molecule has 0 saturated carbocycles. The van der Waals surface area contributed by atoms with Crippen LogP contribution in [0.25, 0.3) is 0 Å². The lowest BCUT2D eigenvalue weighted by Crippen LogP contribution is -2.47. The van der Waals surface area contributed by atoms with E-state index in [4.69, 9.17) is 10.5 Å². The lowest BCUT2D eigenvalue weighted by Gasteiger charge is -2.36. The van der Waals surface area contributed by atoms with Crippen molar-refractivity contribution in [3.05, 3.63) is 53.9 Å². The first-order valence-electron chi connectivity index (χ1n) is 8.28. The molecule has 0 aliphatic carbocycles. The summed E-state index contributed by atoms with van der Waals surface area (Å²) in [6, 6.07) is 10.3. The van der Waals surface area contributed by atoms with Gasteiger partial charge >= 0.3 is 0 Å². The van der Waals surface area contributed by atoms with Gasteiger partial charge < -0.3 is 20.4 Å². The van der Waals surface area contributed by atoms with Crippen LogP contribution in [0.2, 0.25) is 0 Å². The molecule has 2 heterocycles. The van der Waals surface area contributed by atoms with Crippen molar-refractivity contribution in [1.29, 1.82) is 0 Å². The zero-order chi connectivity index (χ0) is 19.4. The van der Waals surface area contributed by atoms with Crippen LogP contribution in [0.3, 0.4) is 0 Å². The first-order chi connectivity index (χ1) is 12.9. The second-order valence-corrected chi connectivity index (χ2v) is 7.79. The summed E-state index contributed by atoms with van der Waals surface area (Å²) in [7, 11) is -3.96. The number of rotatable bonds is 6. The molecule has 4 N–H and O–H groups in total. The van der Waals surface area contributed by atoms with Crippen LogP contribution in [0.15, 0.2) is 47.5 Å². The quantitative estimate of drug-likeness (QED) is 0.636. The van der Waals surface area contributed by atoms with Gasteiger partial charge in [-0.25, -0.2) is 13.1 Å². The van der Waals surface area contributed by atoms with Crippen molar-refractivity contribution in [3.63, 3.8) is 0 Å². The number of hydrogen-bond acceptors (Lipinski definition) is 5. The van der Waals surface area contributed by atoms with Crippen LogP contribution in [-0.4, -0.2) is 56.4 Å². The van der Waals surface area contributed by atoms with E-state index in [0.717, 1.165) is 17.8 Å².